The van der Waals surface area contributed by atoms with Crippen LogP contribution in [-0.4, -0.2) is 21.8 Å². The van der Waals surface area contributed by atoms with Gasteiger partial charge >= 0.3 is 5.97 Å². The minimum atomic E-state index is -0.925. The molecule has 0 unspecified atom stereocenters. The molecular weight excluding hydrogens is 320 g/mol. The summed E-state index contributed by atoms with van der Waals surface area (Å²) in [6, 6.07) is 7.67. The highest BCUT2D eigenvalue weighted by Gasteiger charge is 2.21. The number of carboxylic acids is 1. The smallest absolute Gasteiger partial charge is 0.304 e. The van der Waals surface area contributed by atoms with Crippen LogP contribution in [0.1, 0.15) is 17.5 Å². The maximum absolute atomic E-state index is 10.6. The van der Waals surface area contributed by atoms with E-state index in [1.807, 2.05) is 17.5 Å². The largest absolute Gasteiger partial charge is 0.481 e. The first-order chi connectivity index (χ1) is 10.6. The number of carboxylic acid groups (broad SMARTS) is 1. The van der Waals surface area contributed by atoms with Crippen molar-refractivity contribution in [1.29, 1.82) is 10.5 Å². The van der Waals surface area contributed by atoms with Crippen molar-refractivity contribution < 1.29 is 9.90 Å². The van der Waals surface area contributed by atoms with Crippen molar-refractivity contribution in [2.75, 3.05) is 11.5 Å². The van der Waals surface area contributed by atoms with Gasteiger partial charge in [0.25, 0.3) is 0 Å². The van der Waals surface area contributed by atoms with E-state index in [2.05, 4.69) is 11.1 Å². The van der Waals surface area contributed by atoms with E-state index in [0.29, 0.717) is 10.6 Å². The van der Waals surface area contributed by atoms with Crippen LogP contribution in [-0.2, 0) is 4.79 Å². The molecule has 0 aromatic carbocycles. The molecule has 110 valence electrons. The van der Waals surface area contributed by atoms with Crippen LogP contribution in [0.5, 0.6) is 0 Å². The lowest BCUT2D eigenvalue weighted by molar-refractivity contribution is -0.136. The molecule has 0 aliphatic carbocycles. The number of nitrogens with two attached hydrogens (primary N) is 1. The van der Waals surface area contributed by atoms with Gasteiger partial charge in [0.1, 0.15) is 28.5 Å². The van der Waals surface area contributed by atoms with Gasteiger partial charge in [-0.15, -0.1) is 23.1 Å². The average Bonchev–Trinajstić information content (AvgIpc) is 3.00. The molecule has 2 rings (SSSR count). The number of hydrogen-bond donors (Lipinski definition) is 2. The van der Waals surface area contributed by atoms with Crippen LogP contribution >= 0.6 is 23.1 Å². The number of aliphatic carboxylic acids is 1. The number of pyridine rings is 1. The zero-order chi connectivity index (χ0) is 16.1. The number of thiophene rings is 1. The molecule has 3 N–H and O–H groups in total. The van der Waals surface area contributed by atoms with E-state index in [1.165, 1.54) is 11.3 Å². The van der Waals surface area contributed by atoms with Crippen LogP contribution in [0.2, 0.25) is 0 Å². The molecule has 0 saturated heterocycles. The fourth-order valence-corrected chi connectivity index (χ4v) is 3.51. The quantitative estimate of drug-likeness (QED) is 0.807. The number of hydrogen-bond acceptors (Lipinski definition) is 7. The van der Waals surface area contributed by atoms with Crippen molar-refractivity contribution in [3.63, 3.8) is 0 Å². The lowest BCUT2D eigenvalue weighted by Gasteiger charge is -2.11. The van der Waals surface area contributed by atoms with Gasteiger partial charge in [0.15, 0.2) is 0 Å². The van der Waals surface area contributed by atoms with Crippen LogP contribution in [0.3, 0.4) is 0 Å². The van der Waals surface area contributed by atoms with E-state index < -0.39 is 5.97 Å². The molecule has 6 nitrogen and oxygen atoms in total. The van der Waals surface area contributed by atoms with Crippen LogP contribution in [0.4, 0.5) is 5.82 Å². The Morgan fingerprint density at radius 2 is 2.14 bits per heavy atom. The van der Waals surface area contributed by atoms with Crippen LogP contribution < -0.4 is 5.73 Å². The van der Waals surface area contributed by atoms with Gasteiger partial charge in [-0.25, -0.2) is 4.98 Å². The molecule has 22 heavy (non-hydrogen) atoms. The predicted octanol–water partition coefficient (Wildman–Crippen LogP) is 2.70. The summed E-state index contributed by atoms with van der Waals surface area (Å²) in [5, 5.41) is 29.6. The van der Waals surface area contributed by atoms with E-state index in [4.69, 9.17) is 10.8 Å². The van der Waals surface area contributed by atoms with E-state index in [0.717, 1.165) is 16.6 Å². The molecule has 0 aliphatic heterocycles. The lowest BCUT2D eigenvalue weighted by atomic mass is 10.0. The van der Waals surface area contributed by atoms with Crippen LogP contribution in [0.15, 0.2) is 22.5 Å². The maximum atomic E-state index is 10.6. The Bertz CT molecular complexity index is 789. The third kappa shape index (κ3) is 3.19. The molecule has 2 aromatic heterocycles. The van der Waals surface area contributed by atoms with Gasteiger partial charge in [0, 0.05) is 16.2 Å². The summed E-state index contributed by atoms with van der Waals surface area (Å²) in [6.45, 7) is 0. The van der Waals surface area contributed by atoms with Crippen molar-refractivity contribution in [3.05, 3.63) is 28.6 Å². The summed E-state index contributed by atoms with van der Waals surface area (Å²) in [7, 11) is 0. The highest BCUT2D eigenvalue weighted by Crippen LogP contribution is 2.37. The molecule has 2 heterocycles. The van der Waals surface area contributed by atoms with E-state index in [1.54, 1.807) is 6.07 Å². The van der Waals surface area contributed by atoms with Crippen LogP contribution in [0.25, 0.3) is 10.4 Å². The fraction of sp³-hybridized carbons (Fsp3) is 0.143. The standard InChI is InChI=1S/C14H10N4O2S2/c15-6-8-12(10-2-1-4-21-10)9(7-16)14(18-13(8)17)22-5-3-11(19)20/h1-2,4H,3,5H2,(H2,17,18)(H,19,20). The maximum Gasteiger partial charge on any atom is 0.304 e. The van der Waals surface area contributed by atoms with E-state index in [-0.39, 0.29) is 29.1 Å². The first-order valence-corrected chi connectivity index (χ1v) is 7.97. The van der Waals surface area contributed by atoms with Gasteiger partial charge in [0.05, 0.1) is 12.0 Å². The Morgan fingerprint density at radius 3 is 2.68 bits per heavy atom. The highest BCUT2D eigenvalue weighted by molar-refractivity contribution is 7.99. The molecule has 0 radical (unpaired) electrons. The highest BCUT2D eigenvalue weighted by atomic mass is 32.2. The summed E-state index contributed by atoms with van der Waals surface area (Å²) in [4.78, 5) is 15.4. The molecule has 0 aliphatic rings. The Labute approximate surface area is 134 Å². The van der Waals surface area contributed by atoms with E-state index in [9.17, 15) is 15.3 Å². The van der Waals surface area contributed by atoms with Gasteiger partial charge in [0.2, 0.25) is 0 Å². The monoisotopic (exact) mass is 330 g/mol. The first-order valence-electron chi connectivity index (χ1n) is 6.10. The molecular formula is C14H10N4O2S2. The average molecular weight is 330 g/mol. The third-order valence-corrected chi connectivity index (χ3v) is 4.60. The first kappa shape index (κ1) is 15.8. The third-order valence-electron chi connectivity index (χ3n) is 2.74. The lowest BCUT2D eigenvalue weighted by Crippen LogP contribution is -2.03. The molecule has 2 aromatic rings. The second-order valence-electron chi connectivity index (χ2n) is 4.12. The molecule has 0 saturated carbocycles. The van der Waals surface area contributed by atoms with Crippen molar-refractivity contribution in [1.82, 2.24) is 4.98 Å². The topological polar surface area (TPSA) is 124 Å². The van der Waals surface area contributed by atoms with Gasteiger partial charge in [-0.2, -0.15) is 10.5 Å². The second-order valence-corrected chi connectivity index (χ2v) is 6.15. The van der Waals surface area contributed by atoms with Crippen molar-refractivity contribution >= 4 is 34.9 Å². The number of nitrogens with zero attached hydrogens (tertiary/aromatic N) is 3. The van der Waals surface area contributed by atoms with Gasteiger partial charge in [-0.3, -0.25) is 4.79 Å². The number of nitriles is 2. The summed E-state index contributed by atoms with van der Waals surface area (Å²) in [5.74, 6) is -0.611. The minimum Gasteiger partial charge on any atom is -0.481 e. The normalized spacial score (nSPS) is 9.91. The van der Waals surface area contributed by atoms with Gasteiger partial charge in [-0.05, 0) is 11.4 Å². The van der Waals surface area contributed by atoms with Crippen molar-refractivity contribution in [2.24, 2.45) is 0 Å². The number of carbonyl (C=O) groups is 1. The SMILES string of the molecule is N#Cc1c(N)nc(SCCC(=O)O)c(C#N)c1-c1cccs1. The van der Waals surface area contributed by atoms with E-state index >= 15 is 0 Å². The van der Waals surface area contributed by atoms with Crippen molar-refractivity contribution in [2.45, 2.75) is 11.4 Å². The molecule has 0 amide bonds. The number of anilines is 1. The Morgan fingerprint density at radius 1 is 1.41 bits per heavy atom. The van der Waals surface area contributed by atoms with Crippen LogP contribution in [0, 0.1) is 22.7 Å². The number of nitrogen functional groups attached to an aromatic ring is 1. The summed E-state index contributed by atoms with van der Waals surface area (Å²) >= 11 is 2.54. The molecule has 0 bridgehead atoms. The number of thioether (sulfide) groups is 1. The molecule has 0 spiro atoms. The van der Waals surface area contributed by atoms with Gasteiger partial charge < -0.3 is 10.8 Å². The number of aromatic nitrogens is 1. The second kappa shape index (κ2) is 6.94. The molecule has 8 heteroatoms. The van der Waals surface area contributed by atoms with Gasteiger partial charge in [-0.1, -0.05) is 6.07 Å². The predicted molar refractivity (Wildman–Crippen MR) is 84.4 cm³/mol. The Kier molecular flexibility index (Phi) is 4.99. The Balaban J connectivity index is 2.55. The minimum absolute atomic E-state index is 0.0442. The number of rotatable bonds is 5. The summed E-state index contributed by atoms with van der Waals surface area (Å²) in [6.07, 6.45) is -0.0501. The summed E-state index contributed by atoms with van der Waals surface area (Å²) in [5.41, 5.74) is 6.71. The fourth-order valence-electron chi connectivity index (χ4n) is 1.80. The molecule has 0 atom stereocenters. The molecule has 0 fully saturated rings. The Hall–Kier alpha value is -2.55. The van der Waals surface area contributed by atoms with Crippen molar-refractivity contribution in [3.8, 4) is 22.6 Å². The summed E-state index contributed by atoms with van der Waals surface area (Å²) < 4.78 is 0. The zero-order valence-corrected chi connectivity index (χ0v) is 12.9. The zero-order valence-electron chi connectivity index (χ0n) is 11.2.